The van der Waals surface area contributed by atoms with Crippen LogP contribution in [0.25, 0.3) is 0 Å². The summed E-state index contributed by atoms with van der Waals surface area (Å²) in [6.45, 7) is 0. The number of aliphatic hydroxyl groups is 1. The molecule has 2 unspecified atom stereocenters. The number of sulfonamides is 1. The fourth-order valence-electron chi connectivity index (χ4n) is 3.41. The minimum Gasteiger partial charge on any atom is -0.391 e. The fourth-order valence-corrected chi connectivity index (χ4v) is 4.76. The summed E-state index contributed by atoms with van der Waals surface area (Å²) in [6.07, 6.45) is 6.93. The number of aryl methyl sites for hydroxylation is 2. The molecular formula is C16H23NO3S. The monoisotopic (exact) mass is 309 g/mol. The average Bonchev–Trinajstić information content (AvgIpc) is 2.84. The van der Waals surface area contributed by atoms with Gasteiger partial charge in [-0.05, 0) is 55.4 Å². The first-order valence-corrected chi connectivity index (χ1v) is 9.37. The Hall–Kier alpha value is -0.910. The van der Waals surface area contributed by atoms with E-state index in [1.54, 1.807) is 12.1 Å². The summed E-state index contributed by atoms with van der Waals surface area (Å²) in [4.78, 5) is 0.333. The topological polar surface area (TPSA) is 66.4 Å². The largest absolute Gasteiger partial charge is 0.391 e. The highest BCUT2D eigenvalue weighted by Crippen LogP contribution is 2.26. The summed E-state index contributed by atoms with van der Waals surface area (Å²) in [5, 5.41) is 10.1. The van der Waals surface area contributed by atoms with Gasteiger partial charge >= 0.3 is 0 Å². The van der Waals surface area contributed by atoms with E-state index in [9.17, 15) is 13.5 Å². The first-order valence-electron chi connectivity index (χ1n) is 7.88. The Bertz CT molecular complexity index is 612. The fraction of sp³-hybridized carbons (Fsp3) is 0.625. The van der Waals surface area contributed by atoms with Gasteiger partial charge in [0.25, 0.3) is 0 Å². The second-order valence-electron chi connectivity index (χ2n) is 6.22. The Balaban J connectivity index is 1.80. The molecule has 2 atom stereocenters. The predicted octanol–water partition coefficient (Wildman–Crippen LogP) is 2.15. The second kappa shape index (κ2) is 6.07. The molecule has 3 rings (SSSR count). The van der Waals surface area contributed by atoms with E-state index in [1.807, 2.05) is 6.07 Å². The first-order chi connectivity index (χ1) is 10.1. The number of hydrogen-bond acceptors (Lipinski definition) is 3. The van der Waals surface area contributed by atoms with Crippen LogP contribution in [0.5, 0.6) is 0 Å². The zero-order chi connectivity index (χ0) is 14.9. The highest BCUT2D eigenvalue weighted by Gasteiger charge is 2.27. The maximum absolute atomic E-state index is 12.5. The number of aliphatic hydroxyl groups excluding tert-OH is 1. The minimum absolute atomic E-state index is 0.333. The van der Waals surface area contributed by atoms with Gasteiger partial charge in [0, 0.05) is 6.04 Å². The van der Waals surface area contributed by atoms with Gasteiger partial charge < -0.3 is 5.11 Å². The van der Waals surface area contributed by atoms with Crippen molar-refractivity contribution < 1.29 is 13.5 Å². The van der Waals surface area contributed by atoms with E-state index >= 15 is 0 Å². The number of nitrogens with one attached hydrogen (secondary N) is 1. The molecule has 0 aliphatic heterocycles. The van der Waals surface area contributed by atoms with Crippen LogP contribution in [0, 0.1) is 0 Å². The Morgan fingerprint density at radius 2 is 1.76 bits per heavy atom. The van der Waals surface area contributed by atoms with Crippen molar-refractivity contribution in [1.82, 2.24) is 4.72 Å². The molecule has 2 aliphatic carbocycles. The lowest BCUT2D eigenvalue weighted by atomic mass is 10.1. The lowest BCUT2D eigenvalue weighted by Crippen LogP contribution is -2.42. The van der Waals surface area contributed by atoms with Crippen LogP contribution in [0.3, 0.4) is 0 Å². The van der Waals surface area contributed by atoms with Crippen molar-refractivity contribution in [2.24, 2.45) is 0 Å². The molecule has 0 spiro atoms. The van der Waals surface area contributed by atoms with Crippen LogP contribution in [0.4, 0.5) is 0 Å². The SMILES string of the molecule is O=S(=O)(NC1CCCCCC1O)c1ccc2c(c1)CCC2. The number of fused-ring (bicyclic) bond motifs is 1. The van der Waals surface area contributed by atoms with Crippen LogP contribution >= 0.6 is 0 Å². The van der Waals surface area contributed by atoms with Gasteiger partial charge in [-0.1, -0.05) is 25.3 Å². The third kappa shape index (κ3) is 3.30. The van der Waals surface area contributed by atoms with Gasteiger partial charge in [-0.15, -0.1) is 0 Å². The van der Waals surface area contributed by atoms with E-state index < -0.39 is 16.1 Å². The van der Waals surface area contributed by atoms with E-state index in [-0.39, 0.29) is 6.04 Å². The zero-order valence-corrected chi connectivity index (χ0v) is 13.0. The number of benzene rings is 1. The van der Waals surface area contributed by atoms with Crippen LogP contribution < -0.4 is 4.72 Å². The number of hydrogen-bond donors (Lipinski definition) is 2. The molecule has 2 aliphatic rings. The molecule has 0 aromatic heterocycles. The quantitative estimate of drug-likeness (QED) is 0.841. The molecule has 0 heterocycles. The van der Waals surface area contributed by atoms with Gasteiger partial charge in [0.2, 0.25) is 10.0 Å². The van der Waals surface area contributed by atoms with Crippen LogP contribution in [0.15, 0.2) is 23.1 Å². The molecule has 0 bridgehead atoms. The molecule has 1 aromatic carbocycles. The third-order valence-corrected chi connectivity index (χ3v) is 6.15. The summed E-state index contributed by atoms with van der Waals surface area (Å²) in [5.74, 6) is 0. The average molecular weight is 309 g/mol. The van der Waals surface area contributed by atoms with E-state index in [4.69, 9.17) is 0 Å². The molecule has 1 fully saturated rings. The lowest BCUT2D eigenvalue weighted by Gasteiger charge is -2.21. The van der Waals surface area contributed by atoms with Gasteiger partial charge in [0.05, 0.1) is 11.0 Å². The van der Waals surface area contributed by atoms with E-state index in [1.165, 1.54) is 5.56 Å². The number of rotatable bonds is 3. The molecular weight excluding hydrogens is 286 g/mol. The molecule has 0 radical (unpaired) electrons. The van der Waals surface area contributed by atoms with Crippen molar-refractivity contribution in [3.8, 4) is 0 Å². The Morgan fingerprint density at radius 1 is 1.00 bits per heavy atom. The molecule has 0 saturated heterocycles. The van der Waals surface area contributed by atoms with Crippen molar-refractivity contribution in [2.45, 2.75) is 68.4 Å². The zero-order valence-electron chi connectivity index (χ0n) is 12.2. The van der Waals surface area contributed by atoms with Crippen molar-refractivity contribution >= 4 is 10.0 Å². The summed E-state index contributed by atoms with van der Waals surface area (Å²) in [5.41, 5.74) is 2.42. The van der Waals surface area contributed by atoms with Gasteiger partial charge in [-0.2, -0.15) is 0 Å². The van der Waals surface area contributed by atoms with Gasteiger partial charge in [0.1, 0.15) is 0 Å². The molecule has 5 heteroatoms. The van der Waals surface area contributed by atoms with E-state index in [2.05, 4.69) is 4.72 Å². The second-order valence-corrected chi connectivity index (χ2v) is 7.93. The standard InChI is InChI=1S/C16H23NO3S/c18-16-8-3-1-2-7-15(16)17-21(19,20)14-10-9-12-5-4-6-13(12)11-14/h9-11,15-18H,1-8H2. The van der Waals surface area contributed by atoms with Crippen LogP contribution in [-0.2, 0) is 22.9 Å². The molecule has 21 heavy (non-hydrogen) atoms. The lowest BCUT2D eigenvalue weighted by molar-refractivity contribution is 0.130. The summed E-state index contributed by atoms with van der Waals surface area (Å²) in [7, 11) is -3.54. The van der Waals surface area contributed by atoms with Crippen LogP contribution in [-0.4, -0.2) is 25.7 Å². The third-order valence-electron chi connectivity index (χ3n) is 4.67. The summed E-state index contributed by atoms with van der Waals surface area (Å²) < 4.78 is 27.8. The van der Waals surface area contributed by atoms with Crippen molar-refractivity contribution in [1.29, 1.82) is 0 Å². The molecule has 2 N–H and O–H groups in total. The highest BCUT2D eigenvalue weighted by atomic mass is 32.2. The molecule has 116 valence electrons. The predicted molar refractivity (Wildman–Crippen MR) is 81.7 cm³/mol. The normalized spacial score (nSPS) is 26.3. The summed E-state index contributed by atoms with van der Waals surface area (Å²) >= 11 is 0. The summed E-state index contributed by atoms with van der Waals surface area (Å²) in [6, 6.07) is 5.06. The van der Waals surface area contributed by atoms with Crippen LogP contribution in [0.2, 0.25) is 0 Å². The van der Waals surface area contributed by atoms with Crippen molar-refractivity contribution in [3.63, 3.8) is 0 Å². The van der Waals surface area contributed by atoms with E-state index in [0.29, 0.717) is 17.7 Å². The molecule has 4 nitrogen and oxygen atoms in total. The van der Waals surface area contributed by atoms with Gasteiger partial charge in [0.15, 0.2) is 0 Å². The first kappa shape index (κ1) is 15.0. The highest BCUT2D eigenvalue weighted by molar-refractivity contribution is 7.89. The minimum atomic E-state index is -3.54. The Labute approximate surface area is 126 Å². The molecule has 0 amide bonds. The van der Waals surface area contributed by atoms with Crippen LogP contribution in [0.1, 0.15) is 49.7 Å². The Morgan fingerprint density at radius 3 is 2.62 bits per heavy atom. The smallest absolute Gasteiger partial charge is 0.240 e. The maximum Gasteiger partial charge on any atom is 0.240 e. The maximum atomic E-state index is 12.5. The molecule has 1 aromatic rings. The molecule has 1 saturated carbocycles. The van der Waals surface area contributed by atoms with Gasteiger partial charge in [-0.3, -0.25) is 0 Å². The Kier molecular flexibility index (Phi) is 4.33. The van der Waals surface area contributed by atoms with Crippen molar-refractivity contribution in [2.75, 3.05) is 0 Å². The van der Waals surface area contributed by atoms with E-state index in [0.717, 1.165) is 44.1 Å². The van der Waals surface area contributed by atoms with Crippen molar-refractivity contribution in [3.05, 3.63) is 29.3 Å². The van der Waals surface area contributed by atoms with Gasteiger partial charge in [-0.25, -0.2) is 13.1 Å².